The predicted molar refractivity (Wildman–Crippen MR) is 83.5 cm³/mol. The SMILES string of the molecule is CCCn1ncnc1COc1ccc(Cl)cc1CNCC. The number of aryl methyl sites for hydroxylation is 1. The highest BCUT2D eigenvalue weighted by atomic mass is 35.5. The lowest BCUT2D eigenvalue weighted by molar-refractivity contribution is 0.282. The second kappa shape index (κ2) is 8.00. The van der Waals surface area contributed by atoms with Crippen LogP contribution in [0, 0.1) is 0 Å². The Bertz CT molecular complexity index is 571. The van der Waals surface area contributed by atoms with Crippen molar-refractivity contribution >= 4 is 11.6 Å². The van der Waals surface area contributed by atoms with Crippen LogP contribution < -0.4 is 10.1 Å². The third kappa shape index (κ3) is 4.44. The van der Waals surface area contributed by atoms with Crippen LogP contribution in [0.2, 0.25) is 5.02 Å². The van der Waals surface area contributed by atoms with Gasteiger partial charge in [0, 0.05) is 23.7 Å². The fraction of sp³-hybridized carbons (Fsp3) is 0.467. The zero-order chi connectivity index (χ0) is 15.1. The van der Waals surface area contributed by atoms with Crippen molar-refractivity contribution in [1.29, 1.82) is 0 Å². The molecular formula is C15H21ClN4O. The summed E-state index contributed by atoms with van der Waals surface area (Å²) in [6, 6.07) is 5.66. The van der Waals surface area contributed by atoms with Crippen molar-refractivity contribution in [1.82, 2.24) is 20.1 Å². The molecule has 0 atom stereocenters. The second-order valence-electron chi connectivity index (χ2n) is 4.72. The number of aromatic nitrogens is 3. The minimum absolute atomic E-state index is 0.404. The van der Waals surface area contributed by atoms with Gasteiger partial charge in [-0.3, -0.25) is 0 Å². The van der Waals surface area contributed by atoms with Crippen LogP contribution in [0.5, 0.6) is 5.75 Å². The maximum absolute atomic E-state index is 6.05. The third-order valence-electron chi connectivity index (χ3n) is 3.08. The number of rotatable bonds is 8. The van der Waals surface area contributed by atoms with E-state index in [1.807, 2.05) is 22.9 Å². The van der Waals surface area contributed by atoms with Gasteiger partial charge < -0.3 is 10.1 Å². The molecule has 1 aromatic carbocycles. The first-order chi connectivity index (χ1) is 10.2. The Hall–Kier alpha value is -1.59. The molecule has 0 aliphatic rings. The van der Waals surface area contributed by atoms with Gasteiger partial charge in [0.2, 0.25) is 0 Å². The topological polar surface area (TPSA) is 52.0 Å². The fourth-order valence-corrected chi connectivity index (χ4v) is 2.22. The van der Waals surface area contributed by atoms with E-state index in [4.69, 9.17) is 16.3 Å². The maximum atomic E-state index is 6.05. The Labute approximate surface area is 130 Å². The van der Waals surface area contributed by atoms with Crippen LogP contribution in [-0.2, 0) is 19.7 Å². The lowest BCUT2D eigenvalue weighted by atomic mass is 10.2. The van der Waals surface area contributed by atoms with E-state index < -0.39 is 0 Å². The van der Waals surface area contributed by atoms with Crippen molar-refractivity contribution in [2.75, 3.05) is 6.54 Å². The molecule has 6 heteroatoms. The van der Waals surface area contributed by atoms with Crippen LogP contribution in [0.3, 0.4) is 0 Å². The lowest BCUT2D eigenvalue weighted by Crippen LogP contribution is -2.14. The Kier molecular flexibility index (Phi) is 6.02. The first kappa shape index (κ1) is 15.8. The van der Waals surface area contributed by atoms with E-state index in [0.717, 1.165) is 43.2 Å². The van der Waals surface area contributed by atoms with Gasteiger partial charge >= 0.3 is 0 Å². The molecule has 0 fully saturated rings. The van der Waals surface area contributed by atoms with Crippen LogP contribution in [-0.4, -0.2) is 21.3 Å². The molecule has 114 valence electrons. The largest absolute Gasteiger partial charge is 0.485 e. The first-order valence-electron chi connectivity index (χ1n) is 7.23. The van der Waals surface area contributed by atoms with Crippen molar-refractivity contribution < 1.29 is 4.74 Å². The number of nitrogens with zero attached hydrogens (tertiary/aromatic N) is 3. The minimum Gasteiger partial charge on any atom is -0.485 e. The van der Waals surface area contributed by atoms with Gasteiger partial charge in [0.15, 0.2) is 5.82 Å². The fourth-order valence-electron chi connectivity index (χ4n) is 2.03. The summed E-state index contributed by atoms with van der Waals surface area (Å²) in [7, 11) is 0. The molecule has 2 rings (SSSR count). The molecule has 0 aliphatic heterocycles. The molecule has 21 heavy (non-hydrogen) atoms. The molecule has 1 aromatic heterocycles. The molecule has 0 aliphatic carbocycles. The molecule has 1 N–H and O–H groups in total. The molecule has 1 heterocycles. The lowest BCUT2D eigenvalue weighted by Gasteiger charge is -2.12. The van der Waals surface area contributed by atoms with Crippen LogP contribution in [0.15, 0.2) is 24.5 Å². The van der Waals surface area contributed by atoms with Gasteiger partial charge in [-0.05, 0) is 31.2 Å². The summed E-state index contributed by atoms with van der Waals surface area (Å²) in [6.07, 6.45) is 2.58. The summed E-state index contributed by atoms with van der Waals surface area (Å²) < 4.78 is 7.77. The standard InChI is InChI=1S/C15H21ClN4O/c1-3-7-20-15(18-11-19-20)10-21-14-6-5-13(16)8-12(14)9-17-4-2/h5-6,8,11,17H,3-4,7,9-10H2,1-2H3. The highest BCUT2D eigenvalue weighted by molar-refractivity contribution is 6.30. The third-order valence-corrected chi connectivity index (χ3v) is 3.31. The maximum Gasteiger partial charge on any atom is 0.164 e. The number of benzene rings is 1. The van der Waals surface area contributed by atoms with Gasteiger partial charge in [-0.25, -0.2) is 9.67 Å². The smallest absolute Gasteiger partial charge is 0.164 e. The van der Waals surface area contributed by atoms with Gasteiger partial charge in [-0.2, -0.15) is 5.10 Å². The van der Waals surface area contributed by atoms with Gasteiger partial charge in [0.25, 0.3) is 0 Å². The molecular weight excluding hydrogens is 288 g/mol. The first-order valence-corrected chi connectivity index (χ1v) is 7.61. The van der Waals surface area contributed by atoms with Gasteiger partial charge in [-0.15, -0.1) is 0 Å². The molecule has 0 saturated carbocycles. The number of nitrogens with one attached hydrogen (secondary N) is 1. The van der Waals surface area contributed by atoms with Crippen LogP contribution >= 0.6 is 11.6 Å². The summed E-state index contributed by atoms with van der Waals surface area (Å²) in [6.45, 7) is 7.06. The predicted octanol–water partition coefficient (Wildman–Crippen LogP) is 3.03. The Morgan fingerprint density at radius 2 is 2.19 bits per heavy atom. The van der Waals surface area contributed by atoms with Crippen molar-refractivity contribution in [2.24, 2.45) is 0 Å². The van der Waals surface area contributed by atoms with Crippen LogP contribution in [0.1, 0.15) is 31.7 Å². The average Bonchev–Trinajstić information content (AvgIpc) is 2.92. The highest BCUT2D eigenvalue weighted by Gasteiger charge is 2.08. The van der Waals surface area contributed by atoms with Crippen LogP contribution in [0.4, 0.5) is 0 Å². The quantitative estimate of drug-likeness (QED) is 0.814. The molecule has 0 unspecified atom stereocenters. The van der Waals surface area contributed by atoms with E-state index in [1.54, 1.807) is 6.33 Å². The van der Waals surface area contributed by atoms with Crippen molar-refractivity contribution in [3.8, 4) is 5.75 Å². The second-order valence-corrected chi connectivity index (χ2v) is 5.16. The Morgan fingerprint density at radius 3 is 2.95 bits per heavy atom. The molecule has 2 aromatic rings. The summed E-state index contributed by atoms with van der Waals surface area (Å²) >= 11 is 6.05. The zero-order valence-corrected chi connectivity index (χ0v) is 13.2. The summed E-state index contributed by atoms with van der Waals surface area (Å²) in [4.78, 5) is 4.24. The number of ether oxygens (including phenoxy) is 1. The number of hydrogen-bond acceptors (Lipinski definition) is 4. The Morgan fingerprint density at radius 1 is 1.33 bits per heavy atom. The Balaban J connectivity index is 2.06. The van der Waals surface area contributed by atoms with E-state index >= 15 is 0 Å². The van der Waals surface area contributed by atoms with Crippen molar-refractivity contribution in [3.63, 3.8) is 0 Å². The summed E-state index contributed by atoms with van der Waals surface area (Å²) in [5, 5.41) is 8.19. The normalized spacial score (nSPS) is 10.8. The van der Waals surface area contributed by atoms with E-state index in [1.165, 1.54) is 0 Å². The molecule has 0 saturated heterocycles. The van der Waals surface area contributed by atoms with Crippen molar-refractivity contribution in [2.45, 2.75) is 40.0 Å². The summed E-state index contributed by atoms with van der Waals surface area (Å²) in [5.41, 5.74) is 1.05. The zero-order valence-electron chi connectivity index (χ0n) is 12.5. The monoisotopic (exact) mass is 308 g/mol. The van der Waals surface area contributed by atoms with E-state index in [0.29, 0.717) is 11.6 Å². The van der Waals surface area contributed by atoms with E-state index in [9.17, 15) is 0 Å². The minimum atomic E-state index is 0.404. The number of hydrogen-bond donors (Lipinski definition) is 1. The van der Waals surface area contributed by atoms with Crippen molar-refractivity contribution in [3.05, 3.63) is 40.9 Å². The molecule has 5 nitrogen and oxygen atoms in total. The molecule has 0 spiro atoms. The molecule has 0 bridgehead atoms. The molecule has 0 amide bonds. The average molecular weight is 309 g/mol. The van der Waals surface area contributed by atoms with Gasteiger partial charge in [0.1, 0.15) is 18.7 Å². The molecule has 0 radical (unpaired) electrons. The van der Waals surface area contributed by atoms with Crippen LogP contribution in [0.25, 0.3) is 0 Å². The summed E-state index contributed by atoms with van der Waals surface area (Å²) in [5.74, 6) is 1.66. The van der Waals surface area contributed by atoms with Gasteiger partial charge in [0.05, 0.1) is 0 Å². The van der Waals surface area contributed by atoms with E-state index in [2.05, 4.69) is 29.2 Å². The van der Waals surface area contributed by atoms with Gasteiger partial charge in [-0.1, -0.05) is 25.4 Å². The number of halogens is 1. The highest BCUT2D eigenvalue weighted by Crippen LogP contribution is 2.23. The van der Waals surface area contributed by atoms with E-state index in [-0.39, 0.29) is 0 Å².